The molecule has 0 spiro atoms. The van der Waals surface area contributed by atoms with Gasteiger partial charge in [-0.1, -0.05) is 198 Å². The van der Waals surface area contributed by atoms with Crippen LogP contribution >= 0.6 is 0 Å². The predicted octanol–water partition coefficient (Wildman–Crippen LogP) is 17.4. The second-order valence-corrected chi connectivity index (χ2v) is 16.3. The minimum atomic E-state index is -0.846. The third-order valence-corrected chi connectivity index (χ3v) is 10.0. The molecule has 0 aliphatic heterocycles. The number of allylic oxidation sites excluding steroid dienone is 26. The van der Waals surface area contributed by atoms with Crippen LogP contribution in [-0.4, -0.2) is 37.2 Å². The summed E-state index contributed by atoms with van der Waals surface area (Å²) in [5.74, 6) is -1.08. The number of unbranched alkanes of at least 4 members (excludes halogenated alkanes) is 7. The van der Waals surface area contributed by atoms with Gasteiger partial charge in [-0.15, -0.1) is 0 Å². The monoisotopic (exact) mass is 921 g/mol. The van der Waals surface area contributed by atoms with Crippen molar-refractivity contribution in [1.82, 2.24) is 0 Å². The van der Waals surface area contributed by atoms with Crippen LogP contribution in [0.1, 0.15) is 188 Å². The molecule has 0 N–H and O–H groups in total. The van der Waals surface area contributed by atoms with E-state index in [9.17, 15) is 14.4 Å². The molecule has 0 saturated carbocycles. The molecule has 0 amide bonds. The molecule has 0 saturated heterocycles. The highest BCUT2D eigenvalue weighted by atomic mass is 16.6. The van der Waals surface area contributed by atoms with Crippen LogP contribution < -0.4 is 0 Å². The highest BCUT2D eigenvalue weighted by molar-refractivity contribution is 5.71. The van der Waals surface area contributed by atoms with Gasteiger partial charge in [0.25, 0.3) is 0 Å². The van der Waals surface area contributed by atoms with E-state index in [2.05, 4.69) is 179 Å². The van der Waals surface area contributed by atoms with Crippen molar-refractivity contribution in [2.75, 3.05) is 13.2 Å². The summed E-state index contributed by atoms with van der Waals surface area (Å²) in [5, 5.41) is 0. The Labute approximate surface area is 409 Å². The molecule has 0 aliphatic carbocycles. The summed E-state index contributed by atoms with van der Waals surface area (Å²) in [4.78, 5) is 38.0. The molecule has 6 heteroatoms. The number of rotatable bonds is 44. The molecule has 0 radical (unpaired) electrons. The maximum atomic E-state index is 12.8. The highest BCUT2D eigenvalue weighted by Crippen LogP contribution is 2.11. The van der Waals surface area contributed by atoms with E-state index in [4.69, 9.17) is 14.2 Å². The van der Waals surface area contributed by atoms with Crippen LogP contribution in [0.15, 0.2) is 158 Å². The van der Waals surface area contributed by atoms with Crippen LogP contribution in [0.2, 0.25) is 0 Å². The average molecular weight is 921 g/mol. The maximum Gasteiger partial charge on any atom is 0.306 e. The standard InChI is InChI=1S/C61H92O6/c1-4-7-10-13-16-19-22-25-28-30-33-36-39-42-45-48-51-54-60(63)66-57-58(56-65-59(62)53-50-47-44-41-38-35-32-27-24-21-18-15-12-9-6-3)67-61(64)55-52-49-46-43-40-37-34-31-29-26-23-20-17-14-11-8-5-2/h7-12,16-21,25-29,32-34,36-37,42-43,45-46,58H,4-6,13-15,22-24,30-31,35,38-41,44,47-57H2,1-3H3/b10-7-,11-8-,12-9-,19-16-,20-17-,21-18-,28-25-,29-26-,32-27-,36-33-,37-34-,45-42-,46-43-. The zero-order valence-electron chi connectivity index (χ0n) is 42.3. The molecule has 0 heterocycles. The van der Waals surface area contributed by atoms with Crippen LogP contribution in [0, 0.1) is 0 Å². The van der Waals surface area contributed by atoms with Gasteiger partial charge in [0.2, 0.25) is 0 Å². The Morgan fingerprint density at radius 3 is 0.896 bits per heavy atom. The maximum absolute atomic E-state index is 12.8. The Kier molecular flexibility index (Phi) is 49.7. The van der Waals surface area contributed by atoms with Gasteiger partial charge in [0, 0.05) is 19.3 Å². The van der Waals surface area contributed by atoms with E-state index in [-0.39, 0.29) is 38.0 Å². The third kappa shape index (κ3) is 51.9. The van der Waals surface area contributed by atoms with E-state index in [1.165, 1.54) is 0 Å². The molecule has 0 aliphatic rings. The molecule has 1 atom stereocenters. The largest absolute Gasteiger partial charge is 0.462 e. The summed E-state index contributed by atoms with van der Waals surface area (Å²) in [6.45, 7) is 6.16. The Bertz CT molecular complexity index is 1570. The summed E-state index contributed by atoms with van der Waals surface area (Å²) in [5.41, 5.74) is 0. The van der Waals surface area contributed by atoms with E-state index in [1.807, 2.05) is 0 Å². The van der Waals surface area contributed by atoms with Crippen LogP contribution in [0.3, 0.4) is 0 Å². The molecule has 6 nitrogen and oxygen atoms in total. The Morgan fingerprint density at radius 1 is 0.299 bits per heavy atom. The molecule has 0 aromatic heterocycles. The summed E-state index contributed by atoms with van der Waals surface area (Å²) in [6, 6.07) is 0. The normalized spacial score (nSPS) is 13.4. The second kappa shape index (κ2) is 53.6. The van der Waals surface area contributed by atoms with Gasteiger partial charge in [-0.25, -0.2) is 0 Å². The highest BCUT2D eigenvalue weighted by Gasteiger charge is 2.19. The van der Waals surface area contributed by atoms with E-state index in [0.29, 0.717) is 19.3 Å². The van der Waals surface area contributed by atoms with Gasteiger partial charge in [0.05, 0.1) is 0 Å². The zero-order chi connectivity index (χ0) is 48.6. The number of carbonyl (C=O) groups is 3. The molecule has 0 fully saturated rings. The summed E-state index contributed by atoms with van der Waals surface area (Å²) >= 11 is 0. The van der Waals surface area contributed by atoms with Crippen molar-refractivity contribution in [3.63, 3.8) is 0 Å². The Hall–Kier alpha value is -4.97. The predicted molar refractivity (Wildman–Crippen MR) is 288 cm³/mol. The van der Waals surface area contributed by atoms with Crippen LogP contribution in [0.5, 0.6) is 0 Å². The summed E-state index contributed by atoms with van der Waals surface area (Å²) < 4.78 is 16.7. The Balaban J connectivity index is 4.64. The molecule has 0 rings (SSSR count). The van der Waals surface area contributed by atoms with Crippen molar-refractivity contribution >= 4 is 17.9 Å². The van der Waals surface area contributed by atoms with Crippen molar-refractivity contribution in [3.8, 4) is 0 Å². The zero-order valence-corrected chi connectivity index (χ0v) is 42.3. The van der Waals surface area contributed by atoms with Crippen LogP contribution in [-0.2, 0) is 28.6 Å². The lowest BCUT2D eigenvalue weighted by atomic mass is 10.1. The smallest absolute Gasteiger partial charge is 0.306 e. The van der Waals surface area contributed by atoms with Crippen molar-refractivity contribution in [2.45, 2.75) is 194 Å². The quantitative estimate of drug-likeness (QED) is 0.0262. The molecule has 372 valence electrons. The van der Waals surface area contributed by atoms with E-state index in [1.54, 1.807) is 0 Å². The van der Waals surface area contributed by atoms with E-state index in [0.717, 1.165) is 135 Å². The second-order valence-electron chi connectivity index (χ2n) is 16.3. The van der Waals surface area contributed by atoms with Crippen molar-refractivity contribution in [2.24, 2.45) is 0 Å². The summed E-state index contributed by atoms with van der Waals surface area (Å²) in [6.07, 6.45) is 78.1. The minimum absolute atomic E-state index is 0.135. The first-order chi connectivity index (χ1) is 33.0. The summed E-state index contributed by atoms with van der Waals surface area (Å²) in [7, 11) is 0. The van der Waals surface area contributed by atoms with Crippen molar-refractivity contribution in [3.05, 3.63) is 158 Å². The van der Waals surface area contributed by atoms with Gasteiger partial charge >= 0.3 is 17.9 Å². The minimum Gasteiger partial charge on any atom is -0.462 e. The van der Waals surface area contributed by atoms with Gasteiger partial charge in [-0.05, 0) is 128 Å². The molecule has 0 bridgehead atoms. The number of hydrogen-bond acceptors (Lipinski definition) is 6. The van der Waals surface area contributed by atoms with Crippen LogP contribution in [0.25, 0.3) is 0 Å². The number of hydrogen-bond donors (Lipinski definition) is 0. The first-order valence-electron chi connectivity index (χ1n) is 26.0. The molecular weight excluding hydrogens is 829 g/mol. The lowest BCUT2D eigenvalue weighted by Gasteiger charge is -2.18. The molecule has 0 aromatic rings. The van der Waals surface area contributed by atoms with Gasteiger partial charge in [0.1, 0.15) is 13.2 Å². The lowest BCUT2D eigenvalue weighted by molar-refractivity contribution is -0.167. The number of carbonyl (C=O) groups excluding carboxylic acids is 3. The van der Waals surface area contributed by atoms with E-state index >= 15 is 0 Å². The number of ether oxygens (including phenoxy) is 3. The number of esters is 3. The molecule has 1 unspecified atom stereocenters. The van der Waals surface area contributed by atoms with Gasteiger partial charge < -0.3 is 14.2 Å². The van der Waals surface area contributed by atoms with Gasteiger partial charge in [-0.2, -0.15) is 0 Å². The fourth-order valence-electron chi connectivity index (χ4n) is 6.23. The SMILES string of the molecule is CC/C=C\C/C=C\C/C=C\C/C=C\C/C=C\CCCC(=O)OCC(COC(=O)CCCCCCC/C=C\C/C=C\C/C=C\CC)OC(=O)CCC/C=C\C/C=C\C/C=C\C/C=C\C/C=C\CC. The molecule has 67 heavy (non-hydrogen) atoms. The average Bonchev–Trinajstić information content (AvgIpc) is 3.33. The van der Waals surface area contributed by atoms with E-state index < -0.39 is 12.1 Å². The third-order valence-electron chi connectivity index (χ3n) is 10.0. The fraction of sp³-hybridized carbons (Fsp3) is 0.525. The molecular formula is C61H92O6. The van der Waals surface area contributed by atoms with Crippen LogP contribution in [0.4, 0.5) is 0 Å². The molecule has 0 aromatic carbocycles. The first-order valence-corrected chi connectivity index (χ1v) is 26.0. The topological polar surface area (TPSA) is 78.9 Å². The lowest BCUT2D eigenvalue weighted by Crippen LogP contribution is -2.30. The fourth-order valence-corrected chi connectivity index (χ4v) is 6.23. The first kappa shape index (κ1) is 62.0. The van der Waals surface area contributed by atoms with Gasteiger partial charge in [-0.3, -0.25) is 14.4 Å². The van der Waals surface area contributed by atoms with Crippen molar-refractivity contribution in [1.29, 1.82) is 0 Å². The Morgan fingerprint density at radius 2 is 0.552 bits per heavy atom. The van der Waals surface area contributed by atoms with Crippen molar-refractivity contribution < 1.29 is 28.6 Å². The van der Waals surface area contributed by atoms with Gasteiger partial charge in [0.15, 0.2) is 6.10 Å².